The van der Waals surface area contributed by atoms with Crippen molar-refractivity contribution in [1.29, 1.82) is 0 Å². The molecule has 0 bridgehead atoms. The summed E-state index contributed by atoms with van der Waals surface area (Å²) in [5.74, 6) is 2.74. The Morgan fingerprint density at radius 2 is 1.83 bits per heavy atom. The molecule has 0 spiro atoms. The molecule has 0 radical (unpaired) electrons. The molecular formula is C20H18BrClN6O. The van der Waals surface area contributed by atoms with Crippen molar-refractivity contribution >= 4 is 44.4 Å². The quantitative estimate of drug-likeness (QED) is 0.475. The lowest BCUT2D eigenvalue weighted by molar-refractivity contribution is 0.231. The van der Waals surface area contributed by atoms with Crippen LogP contribution in [0.2, 0.25) is 5.02 Å². The van der Waals surface area contributed by atoms with Crippen molar-refractivity contribution in [1.82, 2.24) is 25.1 Å². The summed E-state index contributed by atoms with van der Waals surface area (Å²) in [5, 5.41) is 8.77. The zero-order chi connectivity index (χ0) is 19.8. The maximum Gasteiger partial charge on any atom is 0.187 e. The first kappa shape index (κ1) is 18.6. The van der Waals surface area contributed by atoms with Crippen molar-refractivity contribution in [2.75, 3.05) is 31.1 Å². The monoisotopic (exact) mass is 472 g/mol. The van der Waals surface area contributed by atoms with Gasteiger partial charge in [0.15, 0.2) is 5.65 Å². The Morgan fingerprint density at radius 3 is 2.62 bits per heavy atom. The fraction of sp³-hybridized carbons (Fsp3) is 0.250. The number of aromatic amines is 1. The molecule has 0 amide bonds. The van der Waals surface area contributed by atoms with Gasteiger partial charge in [-0.25, -0.2) is 9.97 Å². The molecule has 0 saturated carbocycles. The number of nitrogens with one attached hydrogen (secondary N) is 1. The van der Waals surface area contributed by atoms with Crippen molar-refractivity contribution in [3.8, 4) is 11.3 Å². The summed E-state index contributed by atoms with van der Waals surface area (Å²) < 4.78 is 6.86. The Bertz CT molecular complexity index is 1130. The maximum absolute atomic E-state index is 6.05. The van der Waals surface area contributed by atoms with Gasteiger partial charge in [-0.2, -0.15) is 5.10 Å². The maximum atomic E-state index is 6.05. The number of rotatable bonds is 4. The van der Waals surface area contributed by atoms with E-state index in [1.807, 2.05) is 36.4 Å². The van der Waals surface area contributed by atoms with Gasteiger partial charge in [-0.15, -0.1) is 0 Å². The average Bonchev–Trinajstić information content (AvgIpc) is 3.36. The lowest BCUT2D eigenvalue weighted by Crippen LogP contribution is -2.46. The van der Waals surface area contributed by atoms with E-state index in [-0.39, 0.29) is 0 Å². The summed E-state index contributed by atoms with van der Waals surface area (Å²) in [4.78, 5) is 13.4. The van der Waals surface area contributed by atoms with Crippen LogP contribution in [0, 0.1) is 0 Å². The predicted molar refractivity (Wildman–Crippen MR) is 116 cm³/mol. The van der Waals surface area contributed by atoms with E-state index in [1.165, 1.54) is 0 Å². The molecule has 1 aliphatic rings. The van der Waals surface area contributed by atoms with Crippen LogP contribution in [0.4, 0.5) is 5.82 Å². The van der Waals surface area contributed by atoms with Crippen LogP contribution in [0.15, 0.2) is 51.7 Å². The van der Waals surface area contributed by atoms with Gasteiger partial charge in [-0.05, 0) is 52.3 Å². The summed E-state index contributed by atoms with van der Waals surface area (Å²) in [5.41, 5.74) is 1.71. The van der Waals surface area contributed by atoms with E-state index in [4.69, 9.17) is 16.0 Å². The summed E-state index contributed by atoms with van der Waals surface area (Å²) >= 11 is 9.48. The van der Waals surface area contributed by atoms with Gasteiger partial charge in [0, 0.05) is 36.8 Å². The Labute approximate surface area is 180 Å². The van der Waals surface area contributed by atoms with Crippen molar-refractivity contribution in [3.63, 3.8) is 0 Å². The minimum atomic E-state index is 0.676. The van der Waals surface area contributed by atoms with E-state index in [0.29, 0.717) is 5.65 Å². The van der Waals surface area contributed by atoms with E-state index in [0.717, 1.165) is 70.6 Å². The third-order valence-electron chi connectivity index (χ3n) is 5.13. The van der Waals surface area contributed by atoms with Crippen LogP contribution in [0.5, 0.6) is 0 Å². The molecule has 1 aromatic carbocycles. The lowest BCUT2D eigenvalue weighted by Gasteiger charge is -2.35. The minimum Gasteiger partial charge on any atom is -0.460 e. The summed E-state index contributed by atoms with van der Waals surface area (Å²) in [6.45, 7) is 4.41. The molecule has 3 aromatic heterocycles. The highest BCUT2D eigenvalue weighted by atomic mass is 79.9. The lowest BCUT2D eigenvalue weighted by atomic mass is 10.2. The summed E-state index contributed by atoms with van der Waals surface area (Å²) in [6, 6.07) is 11.8. The van der Waals surface area contributed by atoms with Gasteiger partial charge >= 0.3 is 0 Å². The largest absolute Gasteiger partial charge is 0.460 e. The first-order valence-electron chi connectivity index (χ1n) is 9.34. The van der Waals surface area contributed by atoms with E-state index in [9.17, 15) is 0 Å². The van der Waals surface area contributed by atoms with Crippen LogP contribution in [0.1, 0.15) is 5.76 Å². The van der Waals surface area contributed by atoms with Crippen LogP contribution in [0.25, 0.3) is 22.4 Å². The molecule has 1 fully saturated rings. The second kappa shape index (κ2) is 7.78. The minimum absolute atomic E-state index is 0.676. The van der Waals surface area contributed by atoms with E-state index < -0.39 is 0 Å². The number of piperazine rings is 1. The smallest absolute Gasteiger partial charge is 0.187 e. The third-order valence-corrected chi connectivity index (χ3v) is 5.95. The number of H-pyrrole nitrogens is 1. The van der Waals surface area contributed by atoms with E-state index >= 15 is 0 Å². The molecule has 7 nitrogen and oxygen atoms in total. The molecule has 0 aliphatic carbocycles. The molecular weight excluding hydrogens is 456 g/mol. The molecule has 4 aromatic rings. The predicted octanol–water partition coefficient (Wildman–Crippen LogP) is 4.35. The van der Waals surface area contributed by atoms with Gasteiger partial charge < -0.3 is 9.32 Å². The fourth-order valence-electron chi connectivity index (χ4n) is 3.62. The number of hydrogen-bond donors (Lipinski definition) is 1. The first-order valence-corrected chi connectivity index (χ1v) is 10.5. The molecule has 9 heteroatoms. The number of benzene rings is 1. The summed E-state index contributed by atoms with van der Waals surface area (Å²) in [7, 11) is 0. The molecule has 1 N–H and O–H groups in total. The highest BCUT2D eigenvalue weighted by Gasteiger charge is 2.22. The highest BCUT2D eigenvalue weighted by Crippen LogP contribution is 2.29. The van der Waals surface area contributed by atoms with Crippen LogP contribution in [-0.4, -0.2) is 51.2 Å². The molecule has 5 rings (SSSR count). The van der Waals surface area contributed by atoms with Crippen molar-refractivity contribution in [2.24, 2.45) is 0 Å². The molecule has 148 valence electrons. The fourth-order valence-corrected chi connectivity index (χ4v) is 4.19. The number of furan rings is 1. The Balaban J connectivity index is 1.24. The van der Waals surface area contributed by atoms with Crippen LogP contribution in [-0.2, 0) is 6.54 Å². The molecule has 0 atom stereocenters. The van der Waals surface area contributed by atoms with Crippen molar-refractivity contribution in [3.05, 3.63) is 58.1 Å². The number of fused-ring (bicyclic) bond motifs is 1. The molecule has 1 aliphatic heterocycles. The standard InChI is InChI=1S/C20H18BrClN6O/c21-18-17-19(26-25-18)23-12-24-20(17)28-9-7-27(8-10-28)11-15-5-6-16(29-15)13-1-3-14(22)4-2-13/h1-6,12H,7-11H2,(H,23,24,25,26). The molecule has 29 heavy (non-hydrogen) atoms. The zero-order valence-corrected chi connectivity index (χ0v) is 17.8. The first-order chi connectivity index (χ1) is 14.2. The highest BCUT2D eigenvalue weighted by molar-refractivity contribution is 9.10. The number of nitrogens with zero attached hydrogens (tertiary/aromatic N) is 5. The normalized spacial score (nSPS) is 15.3. The van der Waals surface area contributed by atoms with E-state index in [1.54, 1.807) is 6.33 Å². The average molecular weight is 474 g/mol. The van der Waals surface area contributed by atoms with Crippen LogP contribution < -0.4 is 4.90 Å². The van der Waals surface area contributed by atoms with Gasteiger partial charge in [0.2, 0.25) is 0 Å². The van der Waals surface area contributed by atoms with E-state index in [2.05, 4.69) is 45.9 Å². The summed E-state index contributed by atoms with van der Waals surface area (Å²) in [6.07, 6.45) is 1.57. The van der Waals surface area contributed by atoms with Crippen LogP contribution >= 0.6 is 27.5 Å². The van der Waals surface area contributed by atoms with Gasteiger partial charge in [0.05, 0.1) is 11.9 Å². The number of anilines is 1. The number of aromatic nitrogens is 4. The third kappa shape index (κ3) is 3.75. The second-order valence-electron chi connectivity index (χ2n) is 6.97. The Hall–Kier alpha value is -2.42. The molecule has 0 unspecified atom stereocenters. The van der Waals surface area contributed by atoms with Crippen molar-refractivity contribution in [2.45, 2.75) is 6.54 Å². The van der Waals surface area contributed by atoms with Crippen molar-refractivity contribution < 1.29 is 4.42 Å². The van der Waals surface area contributed by atoms with Gasteiger partial charge in [0.25, 0.3) is 0 Å². The van der Waals surface area contributed by atoms with Gasteiger partial charge in [-0.1, -0.05) is 11.6 Å². The van der Waals surface area contributed by atoms with Crippen LogP contribution in [0.3, 0.4) is 0 Å². The number of halogens is 2. The Kier molecular flexibility index (Phi) is 4.99. The molecule has 1 saturated heterocycles. The van der Waals surface area contributed by atoms with Gasteiger partial charge in [-0.3, -0.25) is 10.00 Å². The zero-order valence-electron chi connectivity index (χ0n) is 15.5. The second-order valence-corrected chi connectivity index (χ2v) is 8.20. The molecule has 4 heterocycles. The number of hydrogen-bond acceptors (Lipinski definition) is 6. The Morgan fingerprint density at radius 1 is 1.03 bits per heavy atom. The topological polar surface area (TPSA) is 74.1 Å². The SMILES string of the molecule is Clc1ccc(-c2ccc(CN3CCN(c4ncnc5n[nH]c(Br)c45)CC3)o2)cc1. The van der Waals surface area contributed by atoms with Gasteiger partial charge in [0.1, 0.15) is 28.3 Å².